The minimum absolute atomic E-state index is 0.193. The molecule has 0 fully saturated rings. The summed E-state index contributed by atoms with van der Waals surface area (Å²) in [7, 11) is 0. The molecule has 3 heterocycles. The zero-order valence-corrected chi connectivity index (χ0v) is 14.6. The Morgan fingerprint density at radius 2 is 2.21 bits per heavy atom. The number of aryl methyl sites for hydroxylation is 1. The molecule has 24 heavy (non-hydrogen) atoms. The fourth-order valence-corrected chi connectivity index (χ4v) is 3.24. The molecule has 0 amide bonds. The summed E-state index contributed by atoms with van der Waals surface area (Å²) in [5.41, 5.74) is 2.19. The predicted octanol–water partition coefficient (Wildman–Crippen LogP) is 3.70. The van der Waals surface area contributed by atoms with E-state index in [9.17, 15) is 4.79 Å². The summed E-state index contributed by atoms with van der Waals surface area (Å²) in [6.07, 6.45) is 5.11. The van der Waals surface area contributed by atoms with Gasteiger partial charge in [0.05, 0.1) is 5.39 Å². The molecule has 2 N–H and O–H groups in total. The highest BCUT2D eigenvalue weighted by molar-refractivity contribution is 7.99. The van der Waals surface area contributed by atoms with Gasteiger partial charge in [-0.05, 0) is 44.2 Å². The van der Waals surface area contributed by atoms with Gasteiger partial charge in [-0.15, -0.1) is 0 Å². The highest BCUT2D eigenvalue weighted by Crippen LogP contribution is 2.31. The van der Waals surface area contributed by atoms with E-state index in [4.69, 9.17) is 0 Å². The molecule has 0 aliphatic carbocycles. The van der Waals surface area contributed by atoms with Gasteiger partial charge < -0.3 is 10.3 Å². The van der Waals surface area contributed by atoms with E-state index in [1.807, 2.05) is 32.9 Å². The molecule has 0 saturated heterocycles. The van der Waals surface area contributed by atoms with Gasteiger partial charge in [0, 0.05) is 34.6 Å². The van der Waals surface area contributed by atoms with Crippen LogP contribution in [0.25, 0.3) is 11.0 Å². The van der Waals surface area contributed by atoms with E-state index in [0.29, 0.717) is 22.2 Å². The third-order valence-electron chi connectivity index (χ3n) is 3.49. The van der Waals surface area contributed by atoms with Crippen molar-refractivity contribution in [2.45, 2.75) is 43.3 Å². The summed E-state index contributed by atoms with van der Waals surface area (Å²) in [6, 6.07) is 4.03. The number of hydrogen-bond donors (Lipinski definition) is 2. The van der Waals surface area contributed by atoms with E-state index in [1.165, 1.54) is 11.8 Å². The van der Waals surface area contributed by atoms with Gasteiger partial charge in [0.15, 0.2) is 11.4 Å². The lowest BCUT2D eigenvalue weighted by Gasteiger charge is -2.11. The highest BCUT2D eigenvalue weighted by atomic mass is 32.2. The molecule has 0 aromatic carbocycles. The van der Waals surface area contributed by atoms with Crippen LogP contribution in [0.2, 0.25) is 0 Å². The molecule has 0 spiro atoms. The number of fused-ring (bicyclic) bond motifs is 1. The Balaban J connectivity index is 2.13. The topological polar surface area (TPSA) is 83.6 Å². The number of aldehydes is 1. The standard InChI is InChI=1S/C17H19N5OS/c1-4-13-12(9-23)14-15(19-10(2)3)21-17(22-16(14)20-13)24-11-6-5-7-18-8-11/h5-10H,4H2,1-3H3,(H2,19,20,21,22). The van der Waals surface area contributed by atoms with E-state index in [0.717, 1.165) is 28.7 Å². The van der Waals surface area contributed by atoms with Gasteiger partial charge in [-0.2, -0.15) is 0 Å². The molecule has 124 valence electrons. The largest absolute Gasteiger partial charge is 0.367 e. The number of aromatic nitrogens is 4. The molecule has 6 nitrogen and oxygen atoms in total. The molecule has 0 aliphatic heterocycles. The maximum absolute atomic E-state index is 11.6. The Bertz CT molecular complexity index is 860. The zero-order chi connectivity index (χ0) is 17.1. The van der Waals surface area contributed by atoms with Gasteiger partial charge in [-0.1, -0.05) is 6.92 Å². The normalized spacial score (nSPS) is 11.2. The SMILES string of the molecule is CCc1[nH]c2nc(Sc3cccnc3)nc(NC(C)C)c2c1C=O. The van der Waals surface area contributed by atoms with Crippen molar-refractivity contribution in [3.63, 3.8) is 0 Å². The number of aromatic amines is 1. The number of nitrogens with zero attached hydrogens (tertiary/aromatic N) is 3. The summed E-state index contributed by atoms with van der Waals surface area (Å²) in [6.45, 7) is 6.08. The lowest BCUT2D eigenvalue weighted by Crippen LogP contribution is -2.12. The molecule has 0 unspecified atom stereocenters. The minimum atomic E-state index is 0.193. The van der Waals surface area contributed by atoms with Crippen LogP contribution in [0.5, 0.6) is 0 Å². The molecule has 3 rings (SSSR count). The van der Waals surface area contributed by atoms with Crippen LogP contribution in [-0.2, 0) is 6.42 Å². The smallest absolute Gasteiger partial charge is 0.196 e. The number of H-pyrrole nitrogens is 1. The van der Waals surface area contributed by atoms with Crippen LogP contribution >= 0.6 is 11.8 Å². The van der Waals surface area contributed by atoms with E-state index in [2.05, 4.69) is 25.3 Å². The molecular weight excluding hydrogens is 322 g/mol. The van der Waals surface area contributed by atoms with Crippen molar-refractivity contribution in [2.75, 3.05) is 5.32 Å². The summed E-state index contributed by atoms with van der Waals surface area (Å²) < 4.78 is 0. The maximum Gasteiger partial charge on any atom is 0.196 e. The van der Waals surface area contributed by atoms with Crippen LogP contribution in [0.4, 0.5) is 5.82 Å². The van der Waals surface area contributed by atoms with Crippen LogP contribution in [0.3, 0.4) is 0 Å². The Morgan fingerprint density at radius 1 is 1.38 bits per heavy atom. The van der Waals surface area contributed by atoms with Gasteiger partial charge in [0.2, 0.25) is 0 Å². The Morgan fingerprint density at radius 3 is 2.83 bits per heavy atom. The lowest BCUT2D eigenvalue weighted by atomic mass is 10.1. The van der Waals surface area contributed by atoms with Crippen molar-refractivity contribution < 1.29 is 4.79 Å². The van der Waals surface area contributed by atoms with Crippen LogP contribution in [0.1, 0.15) is 36.8 Å². The van der Waals surface area contributed by atoms with Crippen molar-refractivity contribution in [1.29, 1.82) is 0 Å². The second-order valence-electron chi connectivity index (χ2n) is 5.66. The summed E-state index contributed by atoms with van der Waals surface area (Å²) >= 11 is 1.44. The number of carbonyl (C=O) groups excluding carboxylic acids is 1. The van der Waals surface area contributed by atoms with Gasteiger partial charge in [0.25, 0.3) is 0 Å². The number of anilines is 1. The first-order valence-electron chi connectivity index (χ1n) is 7.84. The quantitative estimate of drug-likeness (QED) is 0.525. The Kier molecular flexibility index (Phi) is 4.80. The number of hydrogen-bond acceptors (Lipinski definition) is 6. The fourth-order valence-electron chi connectivity index (χ4n) is 2.49. The van der Waals surface area contributed by atoms with Gasteiger partial charge in [0.1, 0.15) is 11.5 Å². The molecular formula is C17H19N5OS. The third kappa shape index (κ3) is 3.26. The van der Waals surface area contributed by atoms with Crippen LogP contribution in [-0.4, -0.2) is 32.3 Å². The first kappa shape index (κ1) is 16.4. The van der Waals surface area contributed by atoms with Crippen molar-refractivity contribution in [3.05, 3.63) is 35.8 Å². The maximum atomic E-state index is 11.6. The second-order valence-corrected chi connectivity index (χ2v) is 6.70. The molecule has 7 heteroatoms. The average Bonchev–Trinajstić information content (AvgIpc) is 2.93. The average molecular weight is 341 g/mol. The van der Waals surface area contributed by atoms with Crippen molar-refractivity contribution in [1.82, 2.24) is 19.9 Å². The van der Waals surface area contributed by atoms with Crippen molar-refractivity contribution >= 4 is 34.9 Å². The lowest BCUT2D eigenvalue weighted by molar-refractivity contribution is 0.112. The van der Waals surface area contributed by atoms with E-state index in [1.54, 1.807) is 12.4 Å². The molecule has 3 aromatic rings. The number of carbonyl (C=O) groups is 1. The predicted molar refractivity (Wildman–Crippen MR) is 95.8 cm³/mol. The molecule has 0 atom stereocenters. The van der Waals surface area contributed by atoms with Crippen LogP contribution in [0.15, 0.2) is 34.6 Å². The molecule has 0 aliphatic rings. The fraction of sp³-hybridized carbons (Fsp3) is 0.294. The van der Waals surface area contributed by atoms with Gasteiger partial charge in [-0.3, -0.25) is 9.78 Å². The Labute approximate surface area is 144 Å². The minimum Gasteiger partial charge on any atom is -0.367 e. The van der Waals surface area contributed by atoms with Crippen LogP contribution < -0.4 is 5.32 Å². The first-order chi connectivity index (χ1) is 11.6. The monoisotopic (exact) mass is 341 g/mol. The van der Waals surface area contributed by atoms with Crippen molar-refractivity contribution in [3.8, 4) is 0 Å². The van der Waals surface area contributed by atoms with Gasteiger partial charge >= 0.3 is 0 Å². The molecule has 0 bridgehead atoms. The third-order valence-corrected chi connectivity index (χ3v) is 4.33. The first-order valence-corrected chi connectivity index (χ1v) is 8.66. The molecule has 0 saturated carbocycles. The number of rotatable bonds is 6. The summed E-state index contributed by atoms with van der Waals surface area (Å²) in [4.78, 5) is 29.1. The number of nitrogens with one attached hydrogen (secondary N) is 2. The van der Waals surface area contributed by atoms with Crippen LogP contribution in [0, 0.1) is 0 Å². The molecule has 3 aromatic heterocycles. The summed E-state index contributed by atoms with van der Waals surface area (Å²) in [5, 5.41) is 4.69. The van der Waals surface area contributed by atoms with E-state index in [-0.39, 0.29) is 6.04 Å². The second kappa shape index (κ2) is 7.00. The molecule has 0 radical (unpaired) electrons. The number of pyridine rings is 1. The zero-order valence-electron chi connectivity index (χ0n) is 13.8. The van der Waals surface area contributed by atoms with Crippen molar-refractivity contribution in [2.24, 2.45) is 0 Å². The Hall–Kier alpha value is -2.41. The summed E-state index contributed by atoms with van der Waals surface area (Å²) in [5.74, 6) is 0.680. The van der Waals surface area contributed by atoms with E-state index >= 15 is 0 Å². The van der Waals surface area contributed by atoms with E-state index < -0.39 is 0 Å². The highest BCUT2D eigenvalue weighted by Gasteiger charge is 2.18. The van der Waals surface area contributed by atoms with Gasteiger partial charge in [-0.25, -0.2) is 9.97 Å².